The van der Waals surface area contributed by atoms with Crippen LogP contribution in [0.2, 0.25) is 0 Å². The summed E-state index contributed by atoms with van der Waals surface area (Å²) in [5.41, 5.74) is 3.69. The minimum atomic E-state index is 0.512. The van der Waals surface area contributed by atoms with Crippen molar-refractivity contribution in [2.75, 3.05) is 0 Å². The number of fused-ring (bicyclic) bond motifs is 1. The monoisotopic (exact) mass is 279 g/mol. The summed E-state index contributed by atoms with van der Waals surface area (Å²) in [4.78, 5) is 4.42. The number of benzene rings is 1. The lowest BCUT2D eigenvalue weighted by Gasteiger charge is -2.08. The second-order valence-electron chi connectivity index (χ2n) is 5.71. The van der Waals surface area contributed by atoms with Crippen LogP contribution in [-0.2, 0) is 13.1 Å². The normalized spacial score (nSPS) is 11.4. The largest absolute Gasteiger partial charge is 0.350 e. The number of nitrogens with zero attached hydrogens (tertiary/aromatic N) is 2. The maximum atomic E-state index is 4.42. The highest BCUT2D eigenvalue weighted by molar-refractivity contribution is 5.81. The second-order valence-corrected chi connectivity index (χ2v) is 5.71. The average Bonchev–Trinajstić information content (AvgIpc) is 2.93. The summed E-state index contributed by atoms with van der Waals surface area (Å²) in [6, 6.07) is 13.1. The second kappa shape index (κ2) is 6.10. The predicted molar refractivity (Wildman–Crippen MR) is 87.3 cm³/mol. The Bertz CT molecular complexity index is 723. The van der Waals surface area contributed by atoms with Crippen LogP contribution in [0.25, 0.3) is 10.9 Å². The Balaban J connectivity index is 1.79. The van der Waals surface area contributed by atoms with Crippen LogP contribution in [0.1, 0.15) is 25.0 Å². The van der Waals surface area contributed by atoms with Crippen LogP contribution in [0.5, 0.6) is 0 Å². The van der Waals surface area contributed by atoms with Crippen LogP contribution in [0.15, 0.2) is 55.0 Å². The van der Waals surface area contributed by atoms with Crippen LogP contribution in [0, 0.1) is 0 Å². The Labute approximate surface area is 125 Å². The van der Waals surface area contributed by atoms with E-state index in [1.165, 1.54) is 16.5 Å². The van der Waals surface area contributed by atoms with Crippen molar-refractivity contribution in [3.8, 4) is 0 Å². The first-order chi connectivity index (χ1) is 10.2. The van der Waals surface area contributed by atoms with Gasteiger partial charge in [0.05, 0.1) is 5.52 Å². The summed E-state index contributed by atoms with van der Waals surface area (Å²) in [7, 11) is 0. The number of para-hydroxylation sites is 1. The first-order valence-electron chi connectivity index (χ1n) is 7.43. The van der Waals surface area contributed by atoms with Gasteiger partial charge in [0.15, 0.2) is 0 Å². The lowest BCUT2D eigenvalue weighted by atomic mass is 10.1. The van der Waals surface area contributed by atoms with Gasteiger partial charge >= 0.3 is 0 Å². The molecule has 0 bridgehead atoms. The van der Waals surface area contributed by atoms with Crippen molar-refractivity contribution in [1.82, 2.24) is 14.9 Å². The molecule has 0 aliphatic heterocycles. The van der Waals surface area contributed by atoms with E-state index >= 15 is 0 Å². The molecule has 0 radical (unpaired) electrons. The molecule has 0 saturated carbocycles. The number of aromatic nitrogens is 2. The molecule has 0 amide bonds. The zero-order valence-corrected chi connectivity index (χ0v) is 12.6. The van der Waals surface area contributed by atoms with Crippen molar-refractivity contribution in [1.29, 1.82) is 0 Å². The zero-order chi connectivity index (χ0) is 14.7. The standard InChI is InChI=1S/C18H21N3/c1-14(2)20-11-15-8-10-21(12-15)13-16-7-9-19-18-6-4-3-5-17(16)18/h3-10,12,14,20H,11,13H2,1-2H3. The predicted octanol–water partition coefficient (Wildman–Crippen LogP) is 3.58. The smallest absolute Gasteiger partial charge is 0.0705 e. The molecule has 0 aliphatic rings. The van der Waals surface area contributed by atoms with Gasteiger partial charge in [-0.3, -0.25) is 4.98 Å². The first-order valence-corrected chi connectivity index (χ1v) is 7.43. The summed E-state index contributed by atoms with van der Waals surface area (Å²) in [6.07, 6.45) is 6.25. The van der Waals surface area contributed by atoms with E-state index in [-0.39, 0.29) is 0 Å². The van der Waals surface area contributed by atoms with Gasteiger partial charge in [-0.05, 0) is 29.3 Å². The minimum absolute atomic E-state index is 0.512. The van der Waals surface area contributed by atoms with E-state index in [9.17, 15) is 0 Å². The summed E-state index contributed by atoms with van der Waals surface area (Å²) in [5, 5.41) is 4.68. The quantitative estimate of drug-likeness (QED) is 0.773. The van der Waals surface area contributed by atoms with Gasteiger partial charge in [-0.25, -0.2) is 0 Å². The Kier molecular flexibility index (Phi) is 4.02. The Morgan fingerprint density at radius 1 is 1.14 bits per heavy atom. The van der Waals surface area contributed by atoms with E-state index in [4.69, 9.17) is 0 Å². The molecule has 0 fully saturated rings. The fourth-order valence-electron chi connectivity index (χ4n) is 2.51. The molecule has 1 N–H and O–H groups in total. The van der Waals surface area contributed by atoms with Gasteiger partial charge in [-0.1, -0.05) is 32.0 Å². The Morgan fingerprint density at radius 3 is 2.86 bits per heavy atom. The topological polar surface area (TPSA) is 29.9 Å². The molecule has 2 aromatic heterocycles. The van der Waals surface area contributed by atoms with Crippen LogP contribution >= 0.6 is 0 Å². The Hall–Kier alpha value is -2.13. The molecule has 2 heterocycles. The van der Waals surface area contributed by atoms with E-state index < -0.39 is 0 Å². The van der Waals surface area contributed by atoms with Gasteiger partial charge in [0.1, 0.15) is 0 Å². The average molecular weight is 279 g/mol. The zero-order valence-electron chi connectivity index (χ0n) is 12.6. The molecule has 0 aliphatic carbocycles. The summed E-state index contributed by atoms with van der Waals surface area (Å²) in [5.74, 6) is 0. The van der Waals surface area contributed by atoms with Crippen molar-refractivity contribution in [3.63, 3.8) is 0 Å². The van der Waals surface area contributed by atoms with E-state index in [2.05, 4.69) is 71.4 Å². The number of hydrogen-bond donors (Lipinski definition) is 1. The third-order valence-corrected chi connectivity index (χ3v) is 3.62. The SMILES string of the molecule is CC(C)NCc1ccn(Cc2ccnc3ccccc23)c1. The maximum absolute atomic E-state index is 4.42. The van der Waals surface area contributed by atoms with Gasteiger partial charge in [0.2, 0.25) is 0 Å². The highest BCUT2D eigenvalue weighted by Gasteiger charge is 2.03. The van der Waals surface area contributed by atoms with Crippen molar-refractivity contribution in [2.45, 2.75) is 33.0 Å². The van der Waals surface area contributed by atoms with Crippen molar-refractivity contribution in [3.05, 3.63) is 66.1 Å². The molecule has 0 unspecified atom stereocenters. The van der Waals surface area contributed by atoms with E-state index in [0.717, 1.165) is 18.6 Å². The number of hydrogen-bond acceptors (Lipinski definition) is 2. The van der Waals surface area contributed by atoms with Gasteiger partial charge < -0.3 is 9.88 Å². The van der Waals surface area contributed by atoms with Gasteiger partial charge in [0.25, 0.3) is 0 Å². The van der Waals surface area contributed by atoms with Crippen LogP contribution in [0.4, 0.5) is 0 Å². The minimum Gasteiger partial charge on any atom is -0.350 e. The number of pyridine rings is 1. The molecule has 21 heavy (non-hydrogen) atoms. The van der Waals surface area contributed by atoms with Crippen molar-refractivity contribution in [2.24, 2.45) is 0 Å². The van der Waals surface area contributed by atoms with Crippen molar-refractivity contribution >= 4 is 10.9 Å². The lowest BCUT2D eigenvalue weighted by Crippen LogP contribution is -2.21. The summed E-state index contributed by atoms with van der Waals surface area (Å²) in [6.45, 7) is 6.13. The summed E-state index contributed by atoms with van der Waals surface area (Å²) >= 11 is 0. The molecule has 3 rings (SSSR count). The molecular formula is C18H21N3. The van der Waals surface area contributed by atoms with Crippen molar-refractivity contribution < 1.29 is 0 Å². The first kappa shape index (κ1) is 13.8. The summed E-state index contributed by atoms with van der Waals surface area (Å²) < 4.78 is 2.24. The van der Waals surface area contributed by atoms with Crippen LogP contribution < -0.4 is 5.32 Å². The molecule has 0 atom stereocenters. The third-order valence-electron chi connectivity index (χ3n) is 3.62. The fourth-order valence-corrected chi connectivity index (χ4v) is 2.51. The third kappa shape index (κ3) is 3.31. The molecule has 0 spiro atoms. The Morgan fingerprint density at radius 2 is 2.00 bits per heavy atom. The van der Waals surface area contributed by atoms with E-state index in [1.807, 2.05) is 12.3 Å². The fraction of sp³-hybridized carbons (Fsp3) is 0.278. The number of rotatable bonds is 5. The van der Waals surface area contributed by atoms with E-state index in [0.29, 0.717) is 6.04 Å². The highest BCUT2D eigenvalue weighted by Crippen LogP contribution is 2.17. The van der Waals surface area contributed by atoms with Crippen LogP contribution in [-0.4, -0.2) is 15.6 Å². The number of nitrogens with one attached hydrogen (secondary N) is 1. The molecule has 3 heteroatoms. The molecule has 1 aromatic carbocycles. The highest BCUT2D eigenvalue weighted by atomic mass is 15.0. The molecule has 3 nitrogen and oxygen atoms in total. The van der Waals surface area contributed by atoms with Gasteiger partial charge in [-0.15, -0.1) is 0 Å². The molecule has 0 saturated heterocycles. The maximum Gasteiger partial charge on any atom is 0.0705 e. The van der Waals surface area contributed by atoms with E-state index in [1.54, 1.807) is 0 Å². The van der Waals surface area contributed by atoms with Gasteiger partial charge in [0, 0.05) is 43.1 Å². The van der Waals surface area contributed by atoms with Crippen LogP contribution in [0.3, 0.4) is 0 Å². The lowest BCUT2D eigenvalue weighted by molar-refractivity contribution is 0.588. The molecule has 108 valence electrons. The molecule has 3 aromatic rings. The molecular weight excluding hydrogens is 258 g/mol. The van der Waals surface area contributed by atoms with Gasteiger partial charge in [-0.2, -0.15) is 0 Å².